The highest BCUT2D eigenvalue weighted by Gasteiger charge is 2.28. The van der Waals surface area contributed by atoms with Gasteiger partial charge in [0.05, 0.1) is 34.5 Å². The monoisotopic (exact) mass is 1150 g/mol. The molecule has 1 atom stereocenters. The maximum atomic E-state index is 14.7. The zero-order valence-corrected chi connectivity index (χ0v) is 46.8. The second kappa shape index (κ2) is 23.5. The number of hydrogen-bond acceptors (Lipinski definition) is 6. The molecule has 1 aliphatic carbocycles. The molecule has 1 heterocycles. The van der Waals surface area contributed by atoms with Gasteiger partial charge in [-0.05, 0) is 202 Å². The number of pyridine rings is 1. The molecule has 2 amide bonds. The molecule has 9 rings (SSSR count). The Morgan fingerprint density at radius 1 is 0.740 bits per heavy atom. The van der Waals surface area contributed by atoms with E-state index in [0.29, 0.717) is 60.8 Å². The minimum atomic E-state index is -0.984. The lowest BCUT2D eigenvalue weighted by Crippen LogP contribution is -2.28. The first-order valence-electron chi connectivity index (χ1n) is 26.2. The fraction of sp³-hybridized carbons (Fsp3) is 0.262. The van der Waals surface area contributed by atoms with Gasteiger partial charge < -0.3 is 19.7 Å². The Labute approximate surface area is 462 Å². The summed E-state index contributed by atoms with van der Waals surface area (Å²) in [6.45, 7) is 14.1. The van der Waals surface area contributed by atoms with Crippen LogP contribution in [0.1, 0.15) is 141 Å². The Morgan fingerprint density at radius 2 is 1.45 bits per heavy atom. The van der Waals surface area contributed by atoms with Crippen LogP contribution in [0, 0.1) is 21.0 Å². The summed E-state index contributed by atoms with van der Waals surface area (Å²) in [5.41, 5.74) is 9.73. The summed E-state index contributed by atoms with van der Waals surface area (Å²) in [5.74, 6) is -1.28. The molecule has 1 aromatic heterocycles. The molecule has 0 spiro atoms. The van der Waals surface area contributed by atoms with Crippen molar-refractivity contribution >= 4 is 67.6 Å². The zero-order chi connectivity index (χ0) is 54.7. The Morgan fingerprint density at radius 3 is 2.17 bits per heavy atom. The van der Waals surface area contributed by atoms with E-state index < -0.39 is 17.7 Å². The first-order valence-corrected chi connectivity index (χ1v) is 27.3. The van der Waals surface area contributed by atoms with Gasteiger partial charge in [-0.3, -0.25) is 9.59 Å². The summed E-state index contributed by atoms with van der Waals surface area (Å²) < 4.78 is 55.8. The molecule has 12 heteroatoms. The molecular weight excluding hydrogens is 1080 g/mol. The summed E-state index contributed by atoms with van der Waals surface area (Å²) in [6, 6.07) is 39.5. The molecular formula is C65H62F3IN4O4. The Kier molecular flexibility index (Phi) is 16.6. The van der Waals surface area contributed by atoms with Gasteiger partial charge in [-0.15, -0.1) is 0 Å². The average Bonchev–Trinajstić information content (AvgIpc) is 3.96. The number of amides is 2. The Bertz CT molecular complexity index is 3610. The molecule has 8 nitrogen and oxygen atoms in total. The fourth-order valence-electron chi connectivity index (χ4n) is 10.4. The molecule has 394 valence electrons. The van der Waals surface area contributed by atoms with Crippen LogP contribution < -0.4 is 14.8 Å². The molecule has 1 fully saturated rings. The molecule has 7 aromatic carbocycles. The van der Waals surface area contributed by atoms with Crippen molar-refractivity contribution in [2.24, 2.45) is 4.99 Å². The Balaban J connectivity index is 1.03. The number of carbonyl (C=O) groups excluding carboxylic acids is 2. The SMILES string of the molecule is CC(=N/C=C(\C)c1cccc(-c2nc3ccc(OC4CCCC4)cc3c(C(=O)NC(C)c3ccc(F)c(F)c3)c2C(C)C)c1)Oc1ccc2c(C(=O)N(C)Cc3ccc(F)c(I)c3)c(C(C)C)c(-c3ccccc3)cc2c1. The molecule has 1 N–H and O–H groups in total. The van der Waals surface area contributed by atoms with Gasteiger partial charge in [0.25, 0.3) is 11.8 Å². The Hall–Kier alpha value is -7.32. The van der Waals surface area contributed by atoms with Crippen LogP contribution in [0.2, 0.25) is 0 Å². The molecule has 0 bridgehead atoms. The van der Waals surface area contributed by atoms with E-state index in [1.165, 1.54) is 12.1 Å². The van der Waals surface area contributed by atoms with Gasteiger partial charge in [0.15, 0.2) is 17.5 Å². The van der Waals surface area contributed by atoms with Crippen molar-refractivity contribution in [1.29, 1.82) is 0 Å². The number of fused-ring (bicyclic) bond motifs is 2. The van der Waals surface area contributed by atoms with Crippen LogP contribution in [0.15, 0.2) is 145 Å². The zero-order valence-electron chi connectivity index (χ0n) is 44.6. The van der Waals surface area contributed by atoms with E-state index in [4.69, 9.17) is 19.5 Å². The van der Waals surface area contributed by atoms with E-state index in [-0.39, 0.29) is 35.6 Å². The van der Waals surface area contributed by atoms with Crippen molar-refractivity contribution in [1.82, 2.24) is 15.2 Å². The number of halogens is 4. The number of nitrogens with zero attached hydrogens (tertiary/aromatic N) is 3. The number of benzene rings is 7. The molecule has 77 heavy (non-hydrogen) atoms. The third-order valence-electron chi connectivity index (χ3n) is 14.3. The van der Waals surface area contributed by atoms with Crippen LogP contribution in [0.25, 0.3) is 49.6 Å². The van der Waals surface area contributed by atoms with Crippen LogP contribution in [-0.4, -0.2) is 40.7 Å². The topological polar surface area (TPSA) is 93.1 Å². The number of ether oxygens (including phenoxy) is 2. The molecule has 0 saturated heterocycles. The van der Waals surface area contributed by atoms with Gasteiger partial charge in [-0.2, -0.15) is 0 Å². The highest BCUT2D eigenvalue weighted by molar-refractivity contribution is 14.1. The summed E-state index contributed by atoms with van der Waals surface area (Å²) in [4.78, 5) is 41.1. The van der Waals surface area contributed by atoms with Crippen LogP contribution in [-0.2, 0) is 6.54 Å². The summed E-state index contributed by atoms with van der Waals surface area (Å²) in [5, 5.41) is 5.34. The van der Waals surface area contributed by atoms with Crippen molar-refractivity contribution in [3.8, 4) is 33.9 Å². The molecule has 8 aromatic rings. The maximum absolute atomic E-state index is 14.7. The van der Waals surface area contributed by atoms with Gasteiger partial charge in [0.1, 0.15) is 17.3 Å². The minimum Gasteiger partial charge on any atom is -0.490 e. The molecule has 1 unspecified atom stereocenters. The molecule has 1 aliphatic rings. The van der Waals surface area contributed by atoms with Gasteiger partial charge >= 0.3 is 0 Å². The van der Waals surface area contributed by atoms with E-state index in [9.17, 15) is 22.8 Å². The number of allylic oxidation sites excluding steroid dienone is 1. The van der Waals surface area contributed by atoms with E-state index >= 15 is 0 Å². The second-order valence-electron chi connectivity index (χ2n) is 20.6. The minimum absolute atomic E-state index is 0.00714. The van der Waals surface area contributed by atoms with E-state index in [2.05, 4.69) is 37.4 Å². The lowest BCUT2D eigenvalue weighted by Gasteiger charge is -2.25. The number of rotatable bonds is 15. The highest BCUT2D eigenvalue weighted by atomic mass is 127. The number of nitrogens with one attached hydrogen (secondary N) is 1. The van der Waals surface area contributed by atoms with Crippen LogP contribution in [0.3, 0.4) is 0 Å². The number of hydrogen-bond donors (Lipinski definition) is 1. The first-order chi connectivity index (χ1) is 36.9. The number of carbonyl (C=O) groups is 2. The van der Waals surface area contributed by atoms with E-state index in [0.717, 1.165) is 93.1 Å². The third kappa shape index (κ3) is 12.1. The summed E-state index contributed by atoms with van der Waals surface area (Å²) in [7, 11) is 1.78. The second-order valence-corrected chi connectivity index (χ2v) is 21.8. The lowest BCUT2D eigenvalue weighted by atomic mass is 9.84. The van der Waals surface area contributed by atoms with Crippen molar-refractivity contribution in [3.05, 3.63) is 200 Å². The predicted octanol–water partition coefficient (Wildman–Crippen LogP) is 16.9. The first kappa shape index (κ1) is 54.5. The van der Waals surface area contributed by atoms with Gasteiger partial charge in [0.2, 0.25) is 0 Å². The van der Waals surface area contributed by atoms with Crippen molar-refractivity contribution in [3.63, 3.8) is 0 Å². The maximum Gasteiger partial charge on any atom is 0.254 e. The van der Waals surface area contributed by atoms with Crippen molar-refractivity contribution < 1.29 is 32.2 Å². The molecule has 1 saturated carbocycles. The van der Waals surface area contributed by atoms with Crippen LogP contribution in [0.4, 0.5) is 13.2 Å². The number of aliphatic imine (C=N–C) groups is 1. The van der Waals surface area contributed by atoms with Crippen molar-refractivity contribution in [2.75, 3.05) is 7.05 Å². The van der Waals surface area contributed by atoms with Gasteiger partial charge in [0, 0.05) is 41.2 Å². The largest absolute Gasteiger partial charge is 0.490 e. The highest BCUT2D eigenvalue weighted by Crippen LogP contribution is 2.41. The quantitative estimate of drug-likeness (QED) is 0.0627. The predicted molar refractivity (Wildman–Crippen MR) is 312 cm³/mol. The number of aromatic nitrogens is 1. The lowest BCUT2D eigenvalue weighted by molar-refractivity contribution is 0.0785. The van der Waals surface area contributed by atoms with Crippen LogP contribution in [0.5, 0.6) is 11.5 Å². The summed E-state index contributed by atoms with van der Waals surface area (Å²) in [6.07, 6.45) is 6.02. The molecule has 0 aliphatic heterocycles. The summed E-state index contributed by atoms with van der Waals surface area (Å²) >= 11 is 1.97. The average molecular weight is 1150 g/mol. The smallest absolute Gasteiger partial charge is 0.254 e. The molecule has 0 radical (unpaired) electrons. The third-order valence-corrected chi connectivity index (χ3v) is 15.1. The van der Waals surface area contributed by atoms with Crippen LogP contribution >= 0.6 is 22.6 Å². The van der Waals surface area contributed by atoms with E-state index in [1.54, 1.807) is 44.1 Å². The van der Waals surface area contributed by atoms with E-state index in [1.807, 2.05) is 122 Å². The van der Waals surface area contributed by atoms with Gasteiger partial charge in [-0.1, -0.05) is 88.4 Å². The fourth-order valence-corrected chi connectivity index (χ4v) is 11.0. The van der Waals surface area contributed by atoms with Gasteiger partial charge in [-0.25, -0.2) is 23.1 Å². The van der Waals surface area contributed by atoms with Crippen molar-refractivity contribution in [2.45, 2.75) is 105 Å². The normalized spacial score (nSPS) is 13.7. The standard InChI is InChI=1S/C65H62F3IN4O4/c1-37(2)59-52(43-15-10-9-11-16-43)32-47-31-49(23-25-51(47)62(59)65(75)73(8)36-42-21-26-55(67)57(69)29-42)76-41(7)70-35-39(5)44-17-14-18-46(30-44)63-60(38(3)4)61(64(74)71-40(6)45-22-27-54(66)56(68)33-45)53-34-50(24-28-58(53)72-63)77-48-19-12-13-20-48/h9-11,14-18,21-35,37-38,40,48H,12-13,19-20,36H2,1-8H3,(H,71,74)/b39-35+,70-41?.